The summed E-state index contributed by atoms with van der Waals surface area (Å²) in [7, 11) is 0. The molecule has 0 spiro atoms. The minimum Gasteiger partial charge on any atom is -0.354 e. The van der Waals surface area contributed by atoms with Gasteiger partial charge < -0.3 is 10.2 Å². The zero-order valence-electron chi connectivity index (χ0n) is 19.1. The topological polar surface area (TPSA) is 49.4 Å². The van der Waals surface area contributed by atoms with Crippen LogP contribution in [-0.4, -0.2) is 29.3 Å². The summed E-state index contributed by atoms with van der Waals surface area (Å²) in [5, 5.41) is 3.01. The number of hydrogen-bond donors (Lipinski definition) is 1. The molecule has 0 aliphatic rings. The summed E-state index contributed by atoms with van der Waals surface area (Å²) in [5.74, 6) is 0.318. The molecule has 0 radical (unpaired) electrons. The van der Waals surface area contributed by atoms with Crippen molar-refractivity contribution in [2.45, 2.75) is 66.5 Å². The van der Waals surface area contributed by atoms with Crippen LogP contribution in [0.2, 0.25) is 0 Å². The Labute approximate surface area is 181 Å². The molecule has 0 saturated heterocycles. The minimum atomic E-state index is -0.462. The number of nitrogens with zero attached hydrogens (tertiary/aromatic N) is 1. The molecule has 1 atom stereocenters. The maximum absolute atomic E-state index is 13.2. The van der Waals surface area contributed by atoms with E-state index in [0.29, 0.717) is 38.3 Å². The molecule has 4 heteroatoms. The molecular formula is C26H36N2O2. The normalized spacial score (nSPS) is 11.9. The summed E-state index contributed by atoms with van der Waals surface area (Å²) >= 11 is 0. The number of benzene rings is 2. The Morgan fingerprint density at radius 3 is 1.93 bits per heavy atom. The van der Waals surface area contributed by atoms with E-state index in [1.54, 1.807) is 4.90 Å². The molecule has 162 valence electrons. The maximum Gasteiger partial charge on any atom is 0.242 e. The smallest absolute Gasteiger partial charge is 0.242 e. The van der Waals surface area contributed by atoms with Gasteiger partial charge in [0, 0.05) is 19.5 Å². The van der Waals surface area contributed by atoms with Crippen molar-refractivity contribution in [3.8, 4) is 0 Å². The zero-order chi connectivity index (χ0) is 22.1. The Kier molecular flexibility index (Phi) is 9.10. The summed E-state index contributed by atoms with van der Waals surface area (Å²) in [6.07, 6.45) is 1.66. The van der Waals surface area contributed by atoms with Gasteiger partial charge in [0.05, 0.1) is 0 Å². The lowest BCUT2D eigenvalue weighted by Crippen LogP contribution is -2.49. The average Bonchev–Trinajstić information content (AvgIpc) is 2.72. The predicted octanol–water partition coefficient (Wildman–Crippen LogP) is 4.82. The number of carbonyl (C=O) groups excluding carboxylic acids is 2. The molecule has 0 bridgehead atoms. The summed E-state index contributed by atoms with van der Waals surface area (Å²) in [6.45, 7) is 11.3. The lowest BCUT2D eigenvalue weighted by atomic mass is 10.0. The van der Waals surface area contributed by atoms with Gasteiger partial charge in [0.1, 0.15) is 6.04 Å². The Morgan fingerprint density at radius 2 is 1.43 bits per heavy atom. The van der Waals surface area contributed by atoms with Crippen LogP contribution in [0.4, 0.5) is 0 Å². The van der Waals surface area contributed by atoms with E-state index in [1.165, 1.54) is 11.1 Å². The highest BCUT2D eigenvalue weighted by molar-refractivity contribution is 5.87. The van der Waals surface area contributed by atoms with Crippen molar-refractivity contribution in [3.05, 3.63) is 70.8 Å². The molecule has 2 amide bonds. The number of nitrogens with one attached hydrogen (secondary N) is 1. The number of carbonyl (C=O) groups is 2. The fraction of sp³-hybridized carbons (Fsp3) is 0.462. The second kappa shape index (κ2) is 11.5. The van der Waals surface area contributed by atoms with Gasteiger partial charge in [-0.05, 0) is 43.7 Å². The molecule has 0 heterocycles. The van der Waals surface area contributed by atoms with Gasteiger partial charge >= 0.3 is 0 Å². The molecule has 0 aliphatic carbocycles. The second-order valence-electron chi connectivity index (χ2n) is 8.56. The maximum atomic E-state index is 13.2. The van der Waals surface area contributed by atoms with E-state index in [4.69, 9.17) is 0 Å². The van der Waals surface area contributed by atoms with Crippen LogP contribution in [0.1, 0.15) is 55.9 Å². The van der Waals surface area contributed by atoms with Crippen molar-refractivity contribution in [2.24, 2.45) is 5.92 Å². The van der Waals surface area contributed by atoms with Crippen molar-refractivity contribution in [3.63, 3.8) is 0 Å². The fourth-order valence-electron chi connectivity index (χ4n) is 3.38. The van der Waals surface area contributed by atoms with Crippen molar-refractivity contribution in [1.29, 1.82) is 0 Å². The summed E-state index contributed by atoms with van der Waals surface area (Å²) in [4.78, 5) is 27.9. The summed E-state index contributed by atoms with van der Waals surface area (Å²) in [6, 6.07) is 16.0. The number of amides is 2. The van der Waals surface area contributed by atoms with Crippen LogP contribution in [0.5, 0.6) is 0 Å². The van der Waals surface area contributed by atoms with Crippen LogP contribution in [0.25, 0.3) is 0 Å². The Morgan fingerprint density at radius 1 is 0.900 bits per heavy atom. The monoisotopic (exact) mass is 408 g/mol. The van der Waals surface area contributed by atoms with Gasteiger partial charge in [-0.25, -0.2) is 0 Å². The van der Waals surface area contributed by atoms with Crippen LogP contribution in [0, 0.1) is 19.8 Å². The molecule has 0 aliphatic heterocycles. The molecule has 2 rings (SSSR count). The average molecular weight is 409 g/mol. The van der Waals surface area contributed by atoms with Gasteiger partial charge in [0.2, 0.25) is 11.8 Å². The third kappa shape index (κ3) is 7.33. The van der Waals surface area contributed by atoms with E-state index in [9.17, 15) is 9.59 Å². The first-order valence-electron chi connectivity index (χ1n) is 11.0. The fourth-order valence-corrected chi connectivity index (χ4v) is 3.38. The van der Waals surface area contributed by atoms with Crippen molar-refractivity contribution in [2.75, 3.05) is 6.54 Å². The van der Waals surface area contributed by atoms with Gasteiger partial charge in [-0.15, -0.1) is 0 Å². The van der Waals surface area contributed by atoms with Gasteiger partial charge in [-0.3, -0.25) is 9.59 Å². The van der Waals surface area contributed by atoms with Crippen LogP contribution in [-0.2, 0) is 22.6 Å². The SMILES string of the molecule is CC[C@@H](C(=O)NCC(C)C)N(Cc1ccc(C)cc1)C(=O)CCc1ccc(C)cc1. The first-order chi connectivity index (χ1) is 14.3. The van der Waals surface area contributed by atoms with Crippen LogP contribution in [0.15, 0.2) is 48.5 Å². The number of rotatable bonds is 10. The van der Waals surface area contributed by atoms with E-state index in [2.05, 4.69) is 50.4 Å². The van der Waals surface area contributed by atoms with Crippen molar-refractivity contribution >= 4 is 11.8 Å². The Hall–Kier alpha value is -2.62. The lowest BCUT2D eigenvalue weighted by Gasteiger charge is -2.31. The standard InChI is InChI=1S/C26H36N2O2/c1-6-24(26(30)27-17-19(2)3)28(18-23-13-9-21(5)10-14-23)25(29)16-15-22-11-7-20(4)8-12-22/h7-14,19,24H,6,15-18H2,1-5H3,(H,27,30)/t24-/m0/s1. The van der Waals surface area contributed by atoms with E-state index in [-0.39, 0.29) is 11.8 Å². The summed E-state index contributed by atoms with van der Waals surface area (Å²) in [5.41, 5.74) is 4.57. The highest BCUT2D eigenvalue weighted by Crippen LogP contribution is 2.16. The Balaban J connectivity index is 2.17. The van der Waals surface area contributed by atoms with Crippen molar-refractivity contribution < 1.29 is 9.59 Å². The van der Waals surface area contributed by atoms with E-state index in [0.717, 1.165) is 11.1 Å². The third-order valence-corrected chi connectivity index (χ3v) is 5.29. The van der Waals surface area contributed by atoms with Gasteiger partial charge in [0.25, 0.3) is 0 Å². The molecular weight excluding hydrogens is 372 g/mol. The molecule has 0 saturated carbocycles. The van der Waals surface area contributed by atoms with E-state index >= 15 is 0 Å². The molecule has 30 heavy (non-hydrogen) atoms. The van der Waals surface area contributed by atoms with Crippen LogP contribution < -0.4 is 5.32 Å². The van der Waals surface area contributed by atoms with Crippen LogP contribution >= 0.6 is 0 Å². The number of aryl methyl sites for hydroxylation is 3. The quantitative estimate of drug-likeness (QED) is 0.613. The first kappa shape index (κ1) is 23.7. The minimum absolute atomic E-state index is 0.0164. The van der Waals surface area contributed by atoms with E-state index in [1.807, 2.05) is 38.1 Å². The van der Waals surface area contributed by atoms with Crippen LogP contribution in [0.3, 0.4) is 0 Å². The van der Waals surface area contributed by atoms with Gasteiger partial charge in [-0.1, -0.05) is 80.4 Å². The third-order valence-electron chi connectivity index (χ3n) is 5.29. The van der Waals surface area contributed by atoms with E-state index < -0.39 is 6.04 Å². The highest BCUT2D eigenvalue weighted by atomic mass is 16.2. The first-order valence-corrected chi connectivity index (χ1v) is 11.0. The Bertz CT molecular complexity index is 810. The molecule has 1 N–H and O–H groups in total. The second-order valence-corrected chi connectivity index (χ2v) is 8.56. The van der Waals surface area contributed by atoms with Crippen molar-refractivity contribution in [1.82, 2.24) is 10.2 Å². The molecule has 0 unspecified atom stereocenters. The number of hydrogen-bond acceptors (Lipinski definition) is 2. The van der Waals surface area contributed by atoms with Gasteiger partial charge in [-0.2, -0.15) is 0 Å². The zero-order valence-corrected chi connectivity index (χ0v) is 19.1. The highest BCUT2D eigenvalue weighted by Gasteiger charge is 2.28. The largest absolute Gasteiger partial charge is 0.354 e. The van der Waals surface area contributed by atoms with Gasteiger partial charge in [0.15, 0.2) is 0 Å². The molecule has 2 aromatic rings. The molecule has 2 aromatic carbocycles. The predicted molar refractivity (Wildman–Crippen MR) is 123 cm³/mol. The molecule has 0 aromatic heterocycles. The molecule has 4 nitrogen and oxygen atoms in total. The lowest BCUT2D eigenvalue weighted by molar-refractivity contribution is -0.141. The molecule has 0 fully saturated rings. The summed E-state index contributed by atoms with van der Waals surface area (Å²) < 4.78 is 0.